The lowest BCUT2D eigenvalue weighted by atomic mass is 9.95. The Morgan fingerprint density at radius 3 is 2.71 bits per heavy atom. The predicted molar refractivity (Wildman–Crippen MR) is 80.9 cm³/mol. The molecule has 2 amide bonds. The number of nitrogens with two attached hydrogens (primary N) is 1. The molecule has 1 aliphatic rings. The zero-order valence-electron chi connectivity index (χ0n) is 12.3. The SMILES string of the molecule is CC(N)C(=O)Nc1ccncc1C(=O)NC1CCCCC1. The second kappa shape index (κ2) is 7.17. The average molecular weight is 290 g/mol. The fraction of sp³-hybridized carbons (Fsp3) is 0.533. The fourth-order valence-electron chi connectivity index (χ4n) is 2.44. The number of nitrogens with one attached hydrogen (secondary N) is 2. The summed E-state index contributed by atoms with van der Waals surface area (Å²) >= 11 is 0. The molecule has 114 valence electrons. The summed E-state index contributed by atoms with van der Waals surface area (Å²) in [6, 6.07) is 1.19. The molecule has 1 aromatic heterocycles. The van der Waals surface area contributed by atoms with Gasteiger partial charge in [0.1, 0.15) is 0 Å². The van der Waals surface area contributed by atoms with Crippen molar-refractivity contribution in [3.05, 3.63) is 24.0 Å². The molecule has 4 N–H and O–H groups in total. The summed E-state index contributed by atoms with van der Waals surface area (Å²) in [4.78, 5) is 28.0. The Hall–Kier alpha value is -1.95. The minimum Gasteiger partial charge on any atom is -0.349 e. The second-order valence-corrected chi connectivity index (χ2v) is 5.51. The summed E-state index contributed by atoms with van der Waals surface area (Å²) in [5.74, 6) is -0.525. The Labute approximate surface area is 124 Å². The van der Waals surface area contributed by atoms with E-state index in [1.165, 1.54) is 18.8 Å². The van der Waals surface area contributed by atoms with Gasteiger partial charge in [-0.15, -0.1) is 0 Å². The zero-order chi connectivity index (χ0) is 15.2. The molecule has 1 atom stereocenters. The molecule has 1 aromatic rings. The minimum absolute atomic E-state index is 0.199. The van der Waals surface area contributed by atoms with Crippen LogP contribution in [0.4, 0.5) is 5.69 Å². The third-order valence-corrected chi connectivity index (χ3v) is 3.68. The van der Waals surface area contributed by atoms with Gasteiger partial charge in [0.15, 0.2) is 0 Å². The van der Waals surface area contributed by atoms with E-state index in [9.17, 15) is 9.59 Å². The molecule has 1 fully saturated rings. The van der Waals surface area contributed by atoms with Crippen molar-refractivity contribution in [2.75, 3.05) is 5.32 Å². The molecule has 1 unspecified atom stereocenters. The lowest BCUT2D eigenvalue weighted by molar-refractivity contribution is -0.117. The van der Waals surface area contributed by atoms with Crippen LogP contribution in [0.25, 0.3) is 0 Å². The van der Waals surface area contributed by atoms with Gasteiger partial charge in [-0.1, -0.05) is 19.3 Å². The van der Waals surface area contributed by atoms with Crippen LogP contribution in [0.1, 0.15) is 49.4 Å². The number of aromatic nitrogens is 1. The average Bonchev–Trinajstić information content (AvgIpc) is 2.48. The van der Waals surface area contributed by atoms with Gasteiger partial charge in [-0.3, -0.25) is 14.6 Å². The van der Waals surface area contributed by atoms with Crippen LogP contribution in [0.5, 0.6) is 0 Å². The zero-order valence-corrected chi connectivity index (χ0v) is 12.3. The maximum absolute atomic E-state index is 12.4. The van der Waals surface area contributed by atoms with E-state index in [-0.39, 0.29) is 17.9 Å². The maximum Gasteiger partial charge on any atom is 0.255 e. The highest BCUT2D eigenvalue weighted by Gasteiger charge is 2.20. The van der Waals surface area contributed by atoms with E-state index in [1.54, 1.807) is 13.0 Å². The van der Waals surface area contributed by atoms with Gasteiger partial charge in [0.2, 0.25) is 5.91 Å². The molecular weight excluding hydrogens is 268 g/mol. The summed E-state index contributed by atoms with van der Waals surface area (Å²) in [6.45, 7) is 1.60. The summed E-state index contributed by atoms with van der Waals surface area (Å²) in [7, 11) is 0. The highest BCUT2D eigenvalue weighted by molar-refractivity contribution is 6.04. The van der Waals surface area contributed by atoms with Gasteiger partial charge < -0.3 is 16.4 Å². The molecule has 1 heterocycles. The van der Waals surface area contributed by atoms with Gasteiger partial charge in [0, 0.05) is 18.4 Å². The van der Waals surface area contributed by atoms with Crippen molar-refractivity contribution in [1.29, 1.82) is 0 Å². The van der Waals surface area contributed by atoms with Crippen LogP contribution in [0.15, 0.2) is 18.5 Å². The van der Waals surface area contributed by atoms with E-state index in [4.69, 9.17) is 5.73 Å². The maximum atomic E-state index is 12.4. The Bertz CT molecular complexity index is 510. The number of hydrogen-bond acceptors (Lipinski definition) is 4. The molecular formula is C15H22N4O2. The van der Waals surface area contributed by atoms with Crippen LogP contribution in [0, 0.1) is 0 Å². The molecule has 21 heavy (non-hydrogen) atoms. The molecule has 0 aliphatic heterocycles. The third kappa shape index (κ3) is 4.26. The van der Waals surface area contributed by atoms with Crippen LogP contribution in [-0.2, 0) is 4.79 Å². The van der Waals surface area contributed by atoms with Crippen molar-refractivity contribution >= 4 is 17.5 Å². The van der Waals surface area contributed by atoms with Crippen molar-refractivity contribution in [3.8, 4) is 0 Å². The van der Waals surface area contributed by atoms with Crippen molar-refractivity contribution in [1.82, 2.24) is 10.3 Å². The number of hydrogen-bond donors (Lipinski definition) is 3. The highest BCUT2D eigenvalue weighted by atomic mass is 16.2. The van der Waals surface area contributed by atoms with Crippen molar-refractivity contribution in [3.63, 3.8) is 0 Å². The van der Waals surface area contributed by atoms with E-state index in [2.05, 4.69) is 15.6 Å². The minimum atomic E-state index is -0.632. The lowest BCUT2D eigenvalue weighted by Gasteiger charge is -2.23. The van der Waals surface area contributed by atoms with Crippen LogP contribution < -0.4 is 16.4 Å². The van der Waals surface area contributed by atoms with Crippen LogP contribution in [-0.4, -0.2) is 28.9 Å². The smallest absolute Gasteiger partial charge is 0.255 e. The highest BCUT2D eigenvalue weighted by Crippen LogP contribution is 2.19. The molecule has 0 spiro atoms. The Kier molecular flexibility index (Phi) is 5.27. The Balaban J connectivity index is 2.07. The van der Waals surface area contributed by atoms with E-state index in [0.717, 1.165) is 25.7 Å². The molecule has 0 aromatic carbocycles. The van der Waals surface area contributed by atoms with E-state index in [1.807, 2.05) is 0 Å². The molecule has 1 saturated carbocycles. The summed E-state index contributed by atoms with van der Waals surface area (Å²) in [5.41, 5.74) is 6.35. The molecule has 6 heteroatoms. The first kappa shape index (κ1) is 15.4. The fourth-order valence-corrected chi connectivity index (χ4v) is 2.44. The van der Waals surface area contributed by atoms with Crippen LogP contribution >= 0.6 is 0 Å². The van der Waals surface area contributed by atoms with Crippen molar-refractivity contribution in [2.45, 2.75) is 51.1 Å². The number of pyridine rings is 1. The number of nitrogens with zero attached hydrogens (tertiary/aromatic N) is 1. The van der Waals surface area contributed by atoms with E-state index >= 15 is 0 Å². The van der Waals surface area contributed by atoms with Crippen molar-refractivity contribution in [2.24, 2.45) is 5.73 Å². The Morgan fingerprint density at radius 1 is 1.33 bits per heavy atom. The molecule has 6 nitrogen and oxygen atoms in total. The first-order valence-electron chi connectivity index (χ1n) is 7.39. The molecule has 0 radical (unpaired) electrons. The molecule has 2 rings (SSSR count). The van der Waals surface area contributed by atoms with Gasteiger partial charge in [-0.05, 0) is 25.8 Å². The summed E-state index contributed by atoms with van der Waals surface area (Å²) in [6.07, 6.45) is 8.54. The predicted octanol–water partition coefficient (Wildman–Crippen LogP) is 1.43. The number of carbonyl (C=O) groups excluding carboxylic acids is 2. The molecule has 0 saturated heterocycles. The number of anilines is 1. The standard InChI is InChI=1S/C15H22N4O2/c1-10(16)14(20)19-13-7-8-17-9-12(13)15(21)18-11-5-3-2-4-6-11/h7-11H,2-6,16H2,1H3,(H,18,21)(H,17,19,20). The van der Waals surface area contributed by atoms with Gasteiger partial charge >= 0.3 is 0 Å². The first-order valence-corrected chi connectivity index (χ1v) is 7.39. The van der Waals surface area contributed by atoms with Gasteiger partial charge in [-0.25, -0.2) is 0 Å². The molecule has 0 bridgehead atoms. The van der Waals surface area contributed by atoms with Gasteiger partial charge in [0.05, 0.1) is 17.3 Å². The monoisotopic (exact) mass is 290 g/mol. The number of rotatable bonds is 4. The van der Waals surface area contributed by atoms with Gasteiger partial charge in [-0.2, -0.15) is 0 Å². The van der Waals surface area contributed by atoms with Gasteiger partial charge in [0.25, 0.3) is 5.91 Å². The normalized spacial score (nSPS) is 17.0. The van der Waals surface area contributed by atoms with Crippen LogP contribution in [0.3, 0.4) is 0 Å². The first-order chi connectivity index (χ1) is 10.1. The van der Waals surface area contributed by atoms with E-state index in [0.29, 0.717) is 11.3 Å². The lowest BCUT2D eigenvalue weighted by Crippen LogP contribution is -2.37. The Morgan fingerprint density at radius 2 is 2.05 bits per heavy atom. The number of amides is 2. The quantitative estimate of drug-likeness (QED) is 0.781. The summed E-state index contributed by atoms with van der Waals surface area (Å²) in [5, 5.41) is 5.68. The number of carbonyl (C=O) groups is 2. The van der Waals surface area contributed by atoms with E-state index < -0.39 is 6.04 Å². The van der Waals surface area contributed by atoms with Crippen LogP contribution in [0.2, 0.25) is 0 Å². The largest absolute Gasteiger partial charge is 0.349 e. The second-order valence-electron chi connectivity index (χ2n) is 5.51. The molecule has 1 aliphatic carbocycles. The third-order valence-electron chi connectivity index (χ3n) is 3.68. The summed E-state index contributed by atoms with van der Waals surface area (Å²) < 4.78 is 0. The van der Waals surface area contributed by atoms with Crippen molar-refractivity contribution < 1.29 is 9.59 Å². The topological polar surface area (TPSA) is 97.1 Å².